The van der Waals surface area contributed by atoms with E-state index in [9.17, 15) is 9.59 Å². The fourth-order valence-corrected chi connectivity index (χ4v) is 1.24. The van der Waals surface area contributed by atoms with Crippen molar-refractivity contribution in [3.05, 3.63) is 0 Å². The molecule has 0 aromatic heterocycles. The zero-order chi connectivity index (χ0) is 12.6. The molecule has 0 saturated heterocycles. The van der Waals surface area contributed by atoms with Crippen LogP contribution in [0.5, 0.6) is 0 Å². The summed E-state index contributed by atoms with van der Waals surface area (Å²) in [5, 5.41) is 19.7. The van der Waals surface area contributed by atoms with Crippen LogP contribution in [-0.2, 0) is 9.59 Å². The van der Waals surface area contributed by atoms with Gasteiger partial charge in [-0.3, -0.25) is 4.79 Å². The van der Waals surface area contributed by atoms with Gasteiger partial charge in [0.2, 0.25) is 5.91 Å². The van der Waals surface area contributed by atoms with Crippen molar-refractivity contribution in [2.75, 3.05) is 6.61 Å². The van der Waals surface area contributed by atoms with Crippen molar-refractivity contribution in [1.82, 2.24) is 5.32 Å². The van der Waals surface area contributed by atoms with Crippen molar-refractivity contribution >= 4 is 11.9 Å². The predicted molar refractivity (Wildman–Crippen MR) is 58.8 cm³/mol. The number of carbonyl (C=O) groups excluding carboxylic acids is 1. The molecule has 0 spiro atoms. The van der Waals surface area contributed by atoms with Crippen molar-refractivity contribution in [1.29, 1.82) is 0 Å². The van der Waals surface area contributed by atoms with Crippen molar-refractivity contribution in [2.24, 2.45) is 5.73 Å². The lowest BCUT2D eigenvalue weighted by Gasteiger charge is -2.13. The number of nitrogens with two attached hydrogens (primary N) is 1. The number of aliphatic hydroxyl groups excluding tert-OH is 1. The first-order chi connectivity index (χ1) is 7.47. The Bertz CT molecular complexity index is 231. The molecule has 0 aromatic carbocycles. The third-order valence-electron chi connectivity index (χ3n) is 2.11. The molecule has 0 aliphatic heterocycles. The van der Waals surface area contributed by atoms with E-state index in [4.69, 9.17) is 15.9 Å². The fourth-order valence-electron chi connectivity index (χ4n) is 1.24. The monoisotopic (exact) mass is 232 g/mol. The second-order valence-corrected chi connectivity index (χ2v) is 3.84. The fraction of sp³-hybridized carbons (Fsp3) is 0.800. The molecule has 16 heavy (non-hydrogen) atoms. The Kier molecular flexibility index (Phi) is 7.49. The van der Waals surface area contributed by atoms with Gasteiger partial charge in [0, 0.05) is 25.5 Å². The number of carboxylic acid groups (broad SMARTS) is 1. The number of rotatable bonds is 8. The number of hydrogen-bond acceptors (Lipinski definition) is 4. The zero-order valence-corrected chi connectivity index (χ0v) is 9.48. The van der Waals surface area contributed by atoms with E-state index in [1.54, 1.807) is 0 Å². The lowest BCUT2D eigenvalue weighted by atomic mass is 10.1. The van der Waals surface area contributed by atoms with Gasteiger partial charge in [-0.1, -0.05) is 0 Å². The van der Waals surface area contributed by atoms with Crippen LogP contribution in [0.2, 0.25) is 0 Å². The van der Waals surface area contributed by atoms with Crippen molar-refractivity contribution in [3.8, 4) is 0 Å². The van der Waals surface area contributed by atoms with Crippen molar-refractivity contribution < 1.29 is 19.8 Å². The minimum atomic E-state index is -1.13. The number of carbonyl (C=O) groups is 2. The Morgan fingerprint density at radius 1 is 1.38 bits per heavy atom. The van der Waals surface area contributed by atoms with E-state index in [-0.39, 0.29) is 31.4 Å². The Hall–Kier alpha value is -1.14. The topological polar surface area (TPSA) is 113 Å². The Morgan fingerprint density at radius 3 is 2.44 bits per heavy atom. The van der Waals surface area contributed by atoms with Gasteiger partial charge < -0.3 is 21.3 Å². The van der Waals surface area contributed by atoms with Crippen LogP contribution in [0.1, 0.15) is 32.6 Å². The van der Waals surface area contributed by atoms with E-state index >= 15 is 0 Å². The largest absolute Gasteiger partial charge is 0.480 e. The molecule has 6 heteroatoms. The van der Waals surface area contributed by atoms with Gasteiger partial charge in [-0.05, 0) is 19.8 Å². The number of aliphatic carboxylic acids is 1. The Balaban J connectivity index is 3.86. The number of aliphatic hydroxyl groups is 1. The van der Waals surface area contributed by atoms with Crippen molar-refractivity contribution in [3.63, 3.8) is 0 Å². The molecule has 0 radical (unpaired) electrons. The summed E-state index contributed by atoms with van der Waals surface area (Å²) in [6.07, 6.45) is 1.64. The normalized spacial score (nSPS) is 14.2. The van der Waals surface area contributed by atoms with Gasteiger partial charge in [-0.2, -0.15) is 0 Å². The maximum absolute atomic E-state index is 11.3. The summed E-state index contributed by atoms with van der Waals surface area (Å²) >= 11 is 0. The highest BCUT2D eigenvalue weighted by molar-refractivity contribution is 5.83. The van der Waals surface area contributed by atoms with Gasteiger partial charge >= 0.3 is 5.97 Å². The highest BCUT2D eigenvalue weighted by Gasteiger charge is 2.18. The first kappa shape index (κ1) is 14.9. The molecule has 1 amide bonds. The van der Waals surface area contributed by atoms with Gasteiger partial charge in [0.25, 0.3) is 0 Å². The second-order valence-electron chi connectivity index (χ2n) is 3.84. The van der Waals surface area contributed by atoms with Crippen LogP contribution in [0.15, 0.2) is 0 Å². The van der Waals surface area contributed by atoms with E-state index in [1.165, 1.54) is 0 Å². The van der Waals surface area contributed by atoms with E-state index in [1.807, 2.05) is 6.92 Å². The van der Waals surface area contributed by atoms with E-state index in [2.05, 4.69) is 5.32 Å². The zero-order valence-electron chi connectivity index (χ0n) is 9.48. The molecule has 0 aliphatic carbocycles. The average Bonchev–Trinajstić information content (AvgIpc) is 2.16. The molecule has 0 saturated carbocycles. The van der Waals surface area contributed by atoms with Gasteiger partial charge in [0.1, 0.15) is 6.04 Å². The number of hydrogen-bond donors (Lipinski definition) is 4. The third kappa shape index (κ3) is 7.19. The van der Waals surface area contributed by atoms with Crippen LogP contribution in [0.25, 0.3) is 0 Å². The van der Waals surface area contributed by atoms with Crippen molar-refractivity contribution in [2.45, 2.75) is 44.7 Å². The Labute approximate surface area is 94.8 Å². The highest BCUT2D eigenvalue weighted by atomic mass is 16.4. The van der Waals surface area contributed by atoms with Crippen LogP contribution >= 0.6 is 0 Å². The third-order valence-corrected chi connectivity index (χ3v) is 2.11. The number of carboxylic acids is 1. The van der Waals surface area contributed by atoms with E-state index in [0.29, 0.717) is 6.42 Å². The van der Waals surface area contributed by atoms with Gasteiger partial charge in [-0.25, -0.2) is 4.79 Å². The number of amides is 1. The summed E-state index contributed by atoms with van der Waals surface area (Å²) in [6, 6.07) is -0.965. The molecule has 5 N–H and O–H groups in total. The van der Waals surface area contributed by atoms with Crippen LogP contribution in [-0.4, -0.2) is 40.8 Å². The van der Waals surface area contributed by atoms with Gasteiger partial charge in [0.15, 0.2) is 0 Å². The molecule has 0 rings (SSSR count). The van der Waals surface area contributed by atoms with E-state index in [0.717, 1.165) is 6.42 Å². The standard InChI is InChI=1S/C10H20N2O4/c1-7(11)3-2-4-9(14)12-8(5-6-13)10(15)16/h7-8,13H,2-6,11H2,1H3,(H,12,14)(H,15,16). The first-order valence-electron chi connectivity index (χ1n) is 5.36. The molecule has 0 bridgehead atoms. The maximum atomic E-state index is 11.3. The van der Waals surface area contributed by atoms with Crippen LogP contribution < -0.4 is 11.1 Å². The maximum Gasteiger partial charge on any atom is 0.326 e. The summed E-state index contributed by atoms with van der Waals surface area (Å²) in [7, 11) is 0. The minimum absolute atomic E-state index is 0.0222. The molecular formula is C10H20N2O4. The summed E-state index contributed by atoms with van der Waals surface area (Å²) in [4.78, 5) is 22.0. The van der Waals surface area contributed by atoms with Gasteiger partial charge in [0.05, 0.1) is 0 Å². The van der Waals surface area contributed by atoms with E-state index < -0.39 is 12.0 Å². The highest BCUT2D eigenvalue weighted by Crippen LogP contribution is 2.00. The average molecular weight is 232 g/mol. The number of nitrogens with one attached hydrogen (secondary N) is 1. The summed E-state index contributed by atoms with van der Waals surface area (Å²) < 4.78 is 0. The van der Waals surface area contributed by atoms with Gasteiger partial charge in [-0.15, -0.1) is 0 Å². The predicted octanol–water partition coefficient (Wildman–Crippen LogP) is -0.544. The lowest BCUT2D eigenvalue weighted by molar-refractivity contribution is -0.142. The molecule has 2 atom stereocenters. The Morgan fingerprint density at radius 2 is 2.00 bits per heavy atom. The minimum Gasteiger partial charge on any atom is -0.480 e. The van der Waals surface area contributed by atoms with Crippen LogP contribution in [0, 0.1) is 0 Å². The summed E-state index contributed by atoms with van der Waals surface area (Å²) in [5.74, 6) is -1.45. The molecule has 0 aliphatic rings. The molecule has 94 valence electrons. The molecule has 0 heterocycles. The molecule has 0 aromatic rings. The molecule has 0 fully saturated rings. The molecular weight excluding hydrogens is 212 g/mol. The SMILES string of the molecule is CC(N)CCCC(=O)NC(CCO)C(=O)O. The molecule has 2 unspecified atom stereocenters. The quantitative estimate of drug-likeness (QED) is 0.449. The van der Waals surface area contributed by atoms with Crippen LogP contribution in [0.3, 0.4) is 0 Å². The van der Waals surface area contributed by atoms with Crippen LogP contribution in [0.4, 0.5) is 0 Å². The second kappa shape index (κ2) is 8.06. The molecule has 6 nitrogen and oxygen atoms in total. The smallest absolute Gasteiger partial charge is 0.326 e. The summed E-state index contributed by atoms with van der Waals surface area (Å²) in [6.45, 7) is 1.58. The lowest BCUT2D eigenvalue weighted by Crippen LogP contribution is -2.41. The first-order valence-corrected chi connectivity index (χ1v) is 5.36. The summed E-state index contributed by atoms with van der Waals surface area (Å²) in [5.41, 5.74) is 5.52.